The highest BCUT2D eigenvalue weighted by Crippen LogP contribution is 2.32. The van der Waals surface area contributed by atoms with Crippen LogP contribution in [0.1, 0.15) is 18.4 Å². The lowest BCUT2D eigenvalue weighted by Gasteiger charge is -2.13. The molecule has 0 unspecified atom stereocenters. The van der Waals surface area contributed by atoms with Gasteiger partial charge in [-0.3, -0.25) is 4.79 Å². The van der Waals surface area contributed by atoms with E-state index in [2.05, 4.69) is 26.5 Å². The number of nitrogens with one attached hydrogen (secondary N) is 1. The summed E-state index contributed by atoms with van der Waals surface area (Å²) in [5, 5.41) is 4.15. The number of carbonyl (C=O) groups is 1. The Kier molecular flexibility index (Phi) is 2.75. The summed E-state index contributed by atoms with van der Waals surface area (Å²) < 4.78 is 6.22. The molecular weight excluding hydrogens is 296 g/mol. The molecule has 2 aliphatic heterocycles. The third-order valence-corrected chi connectivity index (χ3v) is 3.86. The fourth-order valence-corrected chi connectivity index (χ4v) is 2.53. The van der Waals surface area contributed by atoms with E-state index in [1.807, 2.05) is 31.2 Å². The number of Topliss-reactive ketones (excluding diaryl/α,β-unsaturated/α-hetero) is 1. The molecule has 4 nitrogen and oxygen atoms in total. The van der Waals surface area contributed by atoms with E-state index in [1.54, 1.807) is 0 Å². The minimum Gasteiger partial charge on any atom is -0.361 e. The van der Waals surface area contributed by atoms with Gasteiger partial charge in [0, 0.05) is 11.0 Å². The minimum atomic E-state index is -0.644. The van der Waals surface area contributed by atoms with E-state index in [1.165, 1.54) is 0 Å². The summed E-state index contributed by atoms with van der Waals surface area (Å²) in [7, 11) is 0. The van der Waals surface area contributed by atoms with Gasteiger partial charge < -0.3 is 10.2 Å². The molecule has 3 rings (SSSR count). The largest absolute Gasteiger partial charge is 0.361 e. The van der Waals surface area contributed by atoms with E-state index in [4.69, 9.17) is 4.74 Å². The predicted octanol–water partition coefficient (Wildman–Crippen LogP) is 1.85. The van der Waals surface area contributed by atoms with Crippen LogP contribution >= 0.6 is 15.9 Å². The molecule has 0 bridgehead atoms. The van der Waals surface area contributed by atoms with E-state index >= 15 is 0 Å². The van der Waals surface area contributed by atoms with Crippen LogP contribution in [0.5, 0.6) is 0 Å². The predicted molar refractivity (Wildman–Crippen MR) is 71.7 cm³/mol. The van der Waals surface area contributed by atoms with Crippen molar-refractivity contribution in [2.24, 2.45) is 5.10 Å². The standard InChI is InChI=1S/C13H13BrN2O2/c1-13(7-18-13)12(17)11-10(6-15-16-11)8-3-2-4-9(14)5-8/h2-5,10,15H,6-7H2,1H3/t10-,13-/m1/s1. The zero-order valence-electron chi connectivity index (χ0n) is 9.94. The summed E-state index contributed by atoms with van der Waals surface area (Å²) in [6.45, 7) is 2.97. The summed E-state index contributed by atoms with van der Waals surface area (Å²) in [6.07, 6.45) is 0. The zero-order valence-corrected chi connectivity index (χ0v) is 11.5. The highest BCUT2D eigenvalue weighted by atomic mass is 79.9. The van der Waals surface area contributed by atoms with Gasteiger partial charge in [-0.15, -0.1) is 0 Å². The average molecular weight is 309 g/mol. The molecule has 1 aromatic carbocycles. The lowest BCUT2D eigenvalue weighted by Crippen LogP contribution is -2.32. The number of ether oxygens (including phenoxy) is 1. The van der Waals surface area contributed by atoms with Crippen molar-refractivity contribution in [1.29, 1.82) is 0 Å². The molecule has 1 saturated heterocycles. The minimum absolute atomic E-state index is 0.00234. The Morgan fingerprint density at radius 2 is 2.39 bits per heavy atom. The SMILES string of the molecule is C[C@]1(C(=O)C2=NNC[C@@H]2c2cccc(Br)c2)CO1. The third kappa shape index (κ3) is 1.97. The molecule has 1 N–H and O–H groups in total. The van der Waals surface area contributed by atoms with Crippen LogP contribution in [0.3, 0.4) is 0 Å². The van der Waals surface area contributed by atoms with E-state index < -0.39 is 5.60 Å². The van der Waals surface area contributed by atoms with Crippen molar-refractivity contribution in [3.8, 4) is 0 Å². The van der Waals surface area contributed by atoms with Gasteiger partial charge in [0.25, 0.3) is 0 Å². The number of benzene rings is 1. The van der Waals surface area contributed by atoms with Crippen LogP contribution in [-0.4, -0.2) is 30.2 Å². The molecule has 0 aliphatic carbocycles. The summed E-state index contributed by atoms with van der Waals surface area (Å²) in [5.74, 6) is 0.00787. The Labute approximate surface area is 114 Å². The van der Waals surface area contributed by atoms with Crippen LogP contribution < -0.4 is 5.43 Å². The van der Waals surface area contributed by atoms with Gasteiger partial charge in [-0.25, -0.2) is 0 Å². The lowest BCUT2D eigenvalue weighted by atomic mass is 9.89. The maximum Gasteiger partial charge on any atom is 0.213 e. The van der Waals surface area contributed by atoms with E-state index in [0.717, 1.165) is 10.0 Å². The van der Waals surface area contributed by atoms with Crippen LogP contribution in [0, 0.1) is 0 Å². The normalized spacial score (nSPS) is 29.7. The first kappa shape index (κ1) is 11.9. The Balaban J connectivity index is 1.89. The van der Waals surface area contributed by atoms with Crippen molar-refractivity contribution in [2.45, 2.75) is 18.4 Å². The maximum atomic E-state index is 12.3. The summed E-state index contributed by atoms with van der Waals surface area (Å²) in [6, 6.07) is 7.98. The van der Waals surface area contributed by atoms with Gasteiger partial charge >= 0.3 is 0 Å². The van der Waals surface area contributed by atoms with Gasteiger partial charge in [0.15, 0.2) is 5.60 Å². The molecule has 18 heavy (non-hydrogen) atoms. The van der Waals surface area contributed by atoms with Crippen molar-refractivity contribution in [1.82, 2.24) is 5.43 Å². The second-order valence-electron chi connectivity index (χ2n) is 4.82. The van der Waals surface area contributed by atoms with Gasteiger partial charge in [0.2, 0.25) is 5.78 Å². The molecule has 0 aromatic heterocycles. The molecule has 1 fully saturated rings. The monoisotopic (exact) mass is 308 g/mol. The Morgan fingerprint density at radius 1 is 1.61 bits per heavy atom. The van der Waals surface area contributed by atoms with Gasteiger partial charge in [0.1, 0.15) is 5.71 Å². The highest BCUT2D eigenvalue weighted by Gasteiger charge is 2.51. The number of nitrogens with zero attached hydrogens (tertiary/aromatic N) is 1. The zero-order chi connectivity index (χ0) is 12.8. The molecule has 1 aromatic rings. The first-order chi connectivity index (χ1) is 8.60. The number of hydrogen-bond acceptors (Lipinski definition) is 4. The molecule has 0 spiro atoms. The maximum absolute atomic E-state index is 12.3. The molecule has 0 saturated carbocycles. The van der Waals surface area contributed by atoms with Crippen molar-refractivity contribution >= 4 is 27.4 Å². The molecule has 2 atom stereocenters. The fraction of sp³-hybridized carbons (Fsp3) is 0.385. The molecule has 2 heterocycles. The second kappa shape index (κ2) is 4.17. The number of epoxide rings is 1. The van der Waals surface area contributed by atoms with Crippen molar-refractivity contribution in [3.05, 3.63) is 34.3 Å². The first-order valence-electron chi connectivity index (χ1n) is 5.85. The summed E-state index contributed by atoms with van der Waals surface area (Å²) in [5.41, 5.74) is 3.94. The molecule has 2 aliphatic rings. The number of hydrazone groups is 1. The molecule has 0 radical (unpaired) electrons. The quantitative estimate of drug-likeness (QED) is 0.867. The molecular formula is C13H13BrN2O2. The van der Waals surface area contributed by atoms with Gasteiger partial charge in [-0.2, -0.15) is 5.10 Å². The summed E-state index contributed by atoms with van der Waals surface area (Å²) in [4.78, 5) is 12.3. The van der Waals surface area contributed by atoms with Crippen LogP contribution in [0.15, 0.2) is 33.8 Å². The topological polar surface area (TPSA) is 54.0 Å². The molecule has 0 amide bonds. The Hall–Kier alpha value is -1.20. The number of halogens is 1. The van der Waals surface area contributed by atoms with Crippen LogP contribution in [0.4, 0.5) is 0 Å². The van der Waals surface area contributed by atoms with E-state index in [0.29, 0.717) is 18.9 Å². The van der Waals surface area contributed by atoms with Crippen molar-refractivity contribution < 1.29 is 9.53 Å². The van der Waals surface area contributed by atoms with E-state index in [9.17, 15) is 4.79 Å². The summed E-state index contributed by atoms with van der Waals surface area (Å²) >= 11 is 3.45. The van der Waals surface area contributed by atoms with Crippen LogP contribution in [0.2, 0.25) is 0 Å². The average Bonchev–Trinajstić information content (AvgIpc) is 2.94. The molecule has 94 valence electrons. The Bertz CT molecular complexity index is 538. The Morgan fingerprint density at radius 3 is 3.06 bits per heavy atom. The van der Waals surface area contributed by atoms with Crippen molar-refractivity contribution in [3.63, 3.8) is 0 Å². The lowest BCUT2D eigenvalue weighted by molar-refractivity contribution is -0.117. The number of rotatable bonds is 3. The fourth-order valence-electron chi connectivity index (χ4n) is 2.12. The van der Waals surface area contributed by atoms with Gasteiger partial charge in [-0.1, -0.05) is 28.1 Å². The number of carbonyl (C=O) groups excluding carboxylic acids is 1. The third-order valence-electron chi connectivity index (χ3n) is 3.37. The van der Waals surface area contributed by atoms with Crippen LogP contribution in [0.25, 0.3) is 0 Å². The highest BCUT2D eigenvalue weighted by molar-refractivity contribution is 9.10. The number of ketones is 1. The number of hydrogen-bond donors (Lipinski definition) is 1. The van der Waals surface area contributed by atoms with Gasteiger partial charge in [-0.05, 0) is 24.6 Å². The smallest absolute Gasteiger partial charge is 0.213 e. The second-order valence-corrected chi connectivity index (χ2v) is 5.73. The van der Waals surface area contributed by atoms with Crippen molar-refractivity contribution in [2.75, 3.05) is 13.2 Å². The van der Waals surface area contributed by atoms with Gasteiger partial charge in [0.05, 0.1) is 12.5 Å². The van der Waals surface area contributed by atoms with E-state index in [-0.39, 0.29) is 11.7 Å². The first-order valence-corrected chi connectivity index (χ1v) is 6.64. The van der Waals surface area contributed by atoms with Crippen LogP contribution in [-0.2, 0) is 9.53 Å². The molecule has 5 heteroatoms.